The number of anilines is 1. The summed E-state index contributed by atoms with van der Waals surface area (Å²) in [6.45, 7) is 4.29. The Morgan fingerprint density at radius 3 is 2.37 bits per heavy atom. The maximum Gasteiger partial charge on any atom is 0.115 e. The molecule has 0 amide bonds. The van der Waals surface area contributed by atoms with Gasteiger partial charge in [0.25, 0.3) is 0 Å². The van der Waals surface area contributed by atoms with E-state index in [1.165, 1.54) is 16.8 Å². The average molecular weight is 255 g/mol. The molecule has 19 heavy (non-hydrogen) atoms. The summed E-state index contributed by atoms with van der Waals surface area (Å²) in [6.07, 6.45) is 1.02. The largest absolute Gasteiger partial charge is 0.508 e. The van der Waals surface area contributed by atoms with Crippen LogP contribution in [0.5, 0.6) is 5.75 Å². The van der Waals surface area contributed by atoms with E-state index in [0.717, 1.165) is 6.42 Å². The van der Waals surface area contributed by atoms with E-state index in [-0.39, 0.29) is 0 Å². The van der Waals surface area contributed by atoms with Gasteiger partial charge in [0, 0.05) is 12.7 Å². The summed E-state index contributed by atoms with van der Waals surface area (Å²) in [6, 6.07) is 16.3. The van der Waals surface area contributed by atoms with Crippen molar-refractivity contribution in [1.82, 2.24) is 0 Å². The molecule has 0 spiro atoms. The normalized spacial score (nSPS) is 12.2. The number of hydrogen-bond donors (Lipinski definition) is 1. The van der Waals surface area contributed by atoms with Crippen LogP contribution in [-0.2, 0) is 0 Å². The first kappa shape index (κ1) is 13.5. The van der Waals surface area contributed by atoms with Gasteiger partial charge in [-0.2, -0.15) is 0 Å². The monoisotopic (exact) mass is 255 g/mol. The van der Waals surface area contributed by atoms with Crippen LogP contribution in [0.2, 0.25) is 0 Å². The van der Waals surface area contributed by atoms with Crippen molar-refractivity contribution in [1.29, 1.82) is 0 Å². The number of rotatable bonds is 4. The first-order valence-corrected chi connectivity index (χ1v) is 6.70. The molecule has 0 radical (unpaired) electrons. The van der Waals surface area contributed by atoms with Crippen LogP contribution in [-0.4, -0.2) is 12.2 Å². The van der Waals surface area contributed by atoms with Crippen molar-refractivity contribution >= 4 is 5.69 Å². The van der Waals surface area contributed by atoms with E-state index in [4.69, 9.17) is 0 Å². The van der Waals surface area contributed by atoms with Gasteiger partial charge in [0.15, 0.2) is 0 Å². The standard InChI is InChI=1S/C17H21NO/c1-4-17(14-8-10-16(19)11-9-14)18(3)15-7-5-6-13(2)12-15/h5-12,17,19H,4H2,1-3H3. The molecule has 2 heteroatoms. The smallest absolute Gasteiger partial charge is 0.115 e. The lowest BCUT2D eigenvalue weighted by Crippen LogP contribution is -2.23. The molecule has 0 saturated carbocycles. The third-order valence-electron chi connectivity index (χ3n) is 3.54. The molecule has 2 nitrogen and oxygen atoms in total. The average Bonchev–Trinajstić information content (AvgIpc) is 2.41. The lowest BCUT2D eigenvalue weighted by atomic mass is 10.0. The van der Waals surface area contributed by atoms with E-state index >= 15 is 0 Å². The molecule has 2 rings (SSSR count). The molecule has 0 heterocycles. The maximum absolute atomic E-state index is 9.39. The molecule has 0 fully saturated rings. The Morgan fingerprint density at radius 1 is 1.11 bits per heavy atom. The predicted octanol–water partition coefficient (Wildman–Crippen LogP) is 4.29. The zero-order valence-corrected chi connectivity index (χ0v) is 11.8. The molecule has 100 valence electrons. The van der Waals surface area contributed by atoms with E-state index < -0.39 is 0 Å². The molecular formula is C17H21NO. The van der Waals surface area contributed by atoms with Gasteiger partial charge in [-0.25, -0.2) is 0 Å². The molecule has 0 aromatic heterocycles. The fraction of sp³-hybridized carbons (Fsp3) is 0.294. The molecule has 0 aliphatic rings. The highest BCUT2D eigenvalue weighted by Gasteiger charge is 2.15. The Hall–Kier alpha value is -1.96. The number of phenols is 1. The summed E-state index contributed by atoms with van der Waals surface area (Å²) < 4.78 is 0. The van der Waals surface area contributed by atoms with Crippen LogP contribution in [0, 0.1) is 6.92 Å². The fourth-order valence-corrected chi connectivity index (χ4v) is 2.46. The summed E-state index contributed by atoms with van der Waals surface area (Å²) in [7, 11) is 2.12. The SMILES string of the molecule is CCC(c1ccc(O)cc1)N(C)c1cccc(C)c1. The summed E-state index contributed by atoms with van der Waals surface area (Å²) in [5.41, 5.74) is 3.72. The molecule has 1 unspecified atom stereocenters. The molecule has 0 aliphatic heterocycles. The van der Waals surface area contributed by atoms with Crippen LogP contribution in [0.4, 0.5) is 5.69 Å². The topological polar surface area (TPSA) is 23.5 Å². The van der Waals surface area contributed by atoms with Gasteiger partial charge in [0.05, 0.1) is 6.04 Å². The lowest BCUT2D eigenvalue weighted by molar-refractivity contribution is 0.474. The Kier molecular flexibility index (Phi) is 4.10. The Labute approximate surface area is 115 Å². The first-order chi connectivity index (χ1) is 9.11. The quantitative estimate of drug-likeness (QED) is 0.881. The van der Waals surface area contributed by atoms with Gasteiger partial charge in [-0.3, -0.25) is 0 Å². The summed E-state index contributed by atoms with van der Waals surface area (Å²) in [5, 5.41) is 9.39. The zero-order chi connectivity index (χ0) is 13.8. The second-order valence-electron chi connectivity index (χ2n) is 4.97. The van der Waals surface area contributed by atoms with Crippen LogP contribution in [0.25, 0.3) is 0 Å². The van der Waals surface area contributed by atoms with Gasteiger partial charge in [0.1, 0.15) is 5.75 Å². The van der Waals surface area contributed by atoms with Crippen LogP contribution >= 0.6 is 0 Å². The highest BCUT2D eigenvalue weighted by Crippen LogP contribution is 2.29. The molecule has 0 bridgehead atoms. The molecule has 2 aromatic carbocycles. The van der Waals surface area contributed by atoms with Gasteiger partial charge in [-0.15, -0.1) is 0 Å². The van der Waals surface area contributed by atoms with Crippen molar-refractivity contribution in [3.8, 4) is 5.75 Å². The minimum Gasteiger partial charge on any atom is -0.508 e. The lowest BCUT2D eigenvalue weighted by Gasteiger charge is -2.30. The fourth-order valence-electron chi connectivity index (χ4n) is 2.46. The Morgan fingerprint density at radius 2 is 1.79 bits per heavy atom. The molecule has 1 atom stereocenters. The van der Waals surface area contributed by atoms with Crippen molar-refractivity contribution in [2.45, 2.75) is 26.3 Å². The number of aryl methyl sites for hydroxylation is 1. The van der Waals surface area contributed by atoms with Gasteiger partial charge in [-0.05, 0) is 48.7 Å². The van der Waals surface area contributed by atoms with E-state index in [1.807, 2.05) is 12.1 Å². The minimum atomic E-state index is 0.316. The van der Waals surface area contributed by atoms with Gasteiger partial charge in [0.2, 0.25) is 0 Å². The minimum absolute atomic E-state index is 0.316. The van der Waals surface area contributed by atoms with Crippen LogP contribution < -0.4 is 4.90 Å². The van der Waals surface area contributed by atoms with Crippen LogP contribution in [0.1, 0.15) is 30.5 Å². The Balaban J connectivity index is 2.28. The van der Waals surface area contributed by atoms with Crippen LogP contribution in [0.3, 0.4) is 0 Å². The highest BCUT2D eigenvalue weighted by molar-refractivity contribution is 5.50. The molecular weight excluding hydrogens is 234 g/mol. The number of phenolic OH excluding ortho intramolecular Hbond substituents is 1. The second kappa shape index (κ2) is 5.79. The molecule has 0 aliphatic carbocycles. The summed E-state index contributed by atoms with van der Waals surface area (Å²) in [5.74, 6) is 0.316. The van der Waals surface area contributed by atoms with Crippen molar-refractivity contribution < 1.29 is 5.11 Å². The third-order valence-corrected chi connectivity index (χ3v) is 3.54. The molecule has 2 aromatic rings. The predicted molar refractivity (Wildman–Crippen MR) is 80.7 cm³/mol. The second-order valence-corrected chi connectivity index (χ2v) is 4.97. The first-order valence-electron chi connectivity index (χ1n) is 6.70. The van der Waals surface area contributed by atoms with Crippen molar-refractivity contribution in [3.63, 3.8) is 0 Å². The molecule has 0 saturated heterocycles. The van der Waals surface area contributed by atoms with E-state index in [1.54, 1.807) is 12.1 Å². The van der Waals surface area contributed by atoms with Gasteiger partial charge in [-0.1, -0.05) is 31.2 Å². The van der Waals surface area contributed by atoms with Crippen molar-refractivity contribution in [3.05, 3.63) is 59.7 Å². The van der Waals surface area contributed by atoms with Crippen LogP contribution in [0.15, 0.2) is 48.5 Å². The summed E-state index contributed by atoms with van der Waals surface area (Å²) in [4.78, 5) is 2.29. The van der Waals surface area contributed by atoms with Crippen molar-refractivity contribution in [2.24, 2.45) is 0 Å². The number of aromatic hydroxyl groups is 1. The zero-order valence-electron chi connectivity index (χ0n) is 11.8. The van der Waals surface area contributed by atoms with E-state index in [2.05, 4.69) is 50.1 Å². The van der Waals surface area contributed by atoms with Gasteiger partial charge >= 0.3 is 0 Å². The number of benzene rings is 2. The van der Waals surface area contributed by atoms with Crippen molar-refractivity contribution in [2.75, 3.05) is 11.9 Å². The van der Waals surface area contributed by atoms with E-state index in [0.29, 0.717) is 11.8 Å². The maximum atomic E-state index is 9.39. The van der Waals surface area contributed by atoms with Gasteiger partial charge < -0.3 is 10.0 Å². The molecule has 1 N–H and O–H groups in total. The third kappa shape index (κ3) is 3.08. The Bertz CT molecular complexity index is 533. The highest BCUT2D eigenvalue weighted by atomic mass is 16.3. The number of hydrogen-bond acceptors (Lipinski definition) is 2. The van der Waals surface area contributed by atoms with E-state index in [9.17, 15) is 5.11 Å². The number of nitrogens with zero attached hydrogens (tertiary/aromatic N) is 1. The summed E-state index contributed by atoms with van der Waals surface area (Å²) >= 11 is 0.